The maximum Gasteiger partial charge on any atom is 0.244 e. The summed E-state index contributed by atoms with van der Waals surface area (Å²) in [7, 11) is 0. The summed E-state index contributed by atoms with van der Waals surface area (Å²) in [4.78, 5) is 11.3. The first-order valence-electron chi connectivity index (χ1n) is 4.12. The molecule has 2 rings (SSSR count). The molecule has 2 aromatic rings. The van der Waals surface area contributed by atoms with E-state index < -0.39 is 0 Å². The lowest BCUT2D eigenvalue weighted by Crippen LogP contribution is -2.19. The summed E-state index contributed by atoms with van der Waals surface area (Å²) in [6, 6.07) is 9.63. The SMILES string of the molecule is NCC(=O)n1ccc2ccccc21. The van der Waals surface area contributed by atoms with Crippen LogP contribution in [0.2, 0.25) is 0 Å². The van der Waals surface area contributed by atoms with Crippen molar-refractivity contribution in [2.24, 2.45) is 5.73 Å². The Balaban J connectivity index is 2.64. The van der Waals surface area contributed by atoms with Crippen LogP contribution in [-0.4, -0.2) is 17.0 Å². The Morgan fingerprint density at radius 2 is 2.08 bits per heavy atom. The van der Waals surface area contributed by atoms with Gasteiger partial charge in [0, 0.05) is 11.6 Å². The van der Waals surface area contributed by atoms with Gasteiger partial charge >= 0.3 is 0 Å². The summed E-state index contributed by atoms with van der Waals surface area (Å²) >= 11 is 0. The molecule has 3 nitrogen and oxygen atoms in total. The zero-order chi connectivity index (χ0) is 9.26. The van der Waals surface area contributed by atoms with Crippen molar-refractivity contribution in [3.05, 3.63) is 36.5 Å². The lowest BCUT2D eigenvalue weighted by atomic mass is 10.2. The van der Waals surface area contributed by atoms with Gasteiger partial charge in [-0.15, -0.1) is 0 Å². The van der Waals surface area contributed by atoms with E-state index in [1.807, 2.05) is 30.3 Å². The molecule has 0 bridgehead atoms. The van der Waals surface area contributed by atoms with Gasteiger partial charge in [-0.2, -0.15) is 0 Å². The predicted molar refractivity (Wildman–Crippen MR) is 51.6 cm³/mol. The van der Waals surface area contributed by atoms with Gasteiger partial charge in [0.2, 0.25) is 5.91 Å². The Morgan fingerprint density at radius 3 is 2.85 bits per heavy atom. The summed E-state index contributed by atoms with van der Waals surface area (Å²) in [6.07, 6.45) is 1.75. The molecular formula is C10H10N2O. The number of para-hydroxylation sites is 1. The number of rotatable bonds is 1. The van der Waals surface area contributed by atoms with Crippen LogP contribution in [0.5, 0.6) is 0 Å². The van der Waals surface area contributed by atoms with E-state index in [2.05, 4.69) is 0 Å². The fourth-order valence-corrected chi connectivity index (χ4v) is 1.40. The van der Waals surface area contributed by atoms with Crippen LogP contribution in [0.25, 0.3) is 10.9 Å². The largest absolute Gasteiger partial charge is 0.322 e. The average molecular weight is 174 g/mol. The van der Waals surface area contributed by atoms with E-state index in [1.54, 1.807) is 10.8 Å². The highest BCUT2D eigenvalue weighted by atomic mass is 16.2. The number of carbonyl (C=O) groups is 1. The standard InChI is InChI=1S/C10H10N2O/c11-7-10(13)12-6-5-8-3-1-2-4-9(8)12/h1-6H,7,11H2. The third-order valence-electron chi connectivity index (χ3n) is 2.04. The van der Waals surface area contributed by atoms with E-state index in [0.717, 1.165) is 10.9 Å². The number of fused-ring (bicyclic) bond motifs is 1. The molecule has 0 saturated carbocycles. The number of hydrogen-bond donors (Lipinski definition) is 1. The molecule has 3 heteroatoms. The molecule has 0 radical (unpaired) electrons. The molecule has 0 atom stereocenters. The topological polar surface area (TPSA) is 48.0 Å². The molecule has 66 valence electrons. The first-order chi connectivity index (χ1) is 6.33. The van der Waals surface area contributed by atoms with Crippen molar-refractivity contribution in [1.29, 1.82) is 0 Å². The highest BCUT2D eigenvalue weighted by molar-refractivity contribution is 5.93. The highest BCUT2D eigenvalue weighted by Gasteiger charge is 2.04. The molecular weight excluding hydrogens is 164 g/mol. The van der Waals surface area contributed by atoms with E-state index >= 15 is 0 Å². The van der Waals surface area contributed by atoms with Crippen LogP contribution in [0, 0.1) is 0 Å². The number of aromatic nitrogens is 1. The fourth-order valence-electron chi connectivity index (χ4n) is 1.40. The summed E-state index contributed by atoms with van der Waals surface area (Å²) in [6.45, 7) is 0.0404. The van der Waals surface area contributed by atoms with E-state index in [9.17, 15) is 4.79 Å². The second-order valence-corrected chi connectivity index (χ2v) is 2.84. The Kier molecular flexibility index (Phi) is 1.87. The normalized spacial score (nSPS) is 10.5. The molecule has 0 saturated heterocycles. The highest BCUT2D eigenvalue weighted by Crippen LogP contribution is 2.14. The van der Waals surface area contributed by atoms with Gasteiger partial charge in [0.15, 0.2) is 0 Å². The lowest BCUT2D eigenvalue weighted by molar-refractivity contribution is 0.0929. The molecule has 1 aromatic heterocycles. The van der Waals surface area contributed by atoms with Crippen LogP contribution >= 0.6 is 0 Å². The van der Waals surface area contributed by atoms with Crippen LogP contribution in [0.15, 0.2) is 36.5 Å². The van der Waals surface area contributed by atoms with Crippen molar-refractivity contribution < 1.29 is 4.79 Å². The van der Waals surface area contributed by atoms with Crippen LogP contribution in [0.3, 0.4) is 0 Å². The molecule has 0 amide bonds. The summed E-state index contributed by atoms with van der Waals surface area (Å²) in [5, 5.41) is 1.06. The van der Waals surface area contributed by atoms with Crippen LogP contribution in [0.4, 0.5) is 0 Å². The minimum Gasteiger partial charge on any atom is -0.322 e. The number of hydrogen-bond acceptors (Lipinski definition) is 2. The van der Waals surface area contributed by atoms with E-state index in [0.29, 0.717) is 0 Å². The van der Waals surface area contributed by atoms with Crippen LogP contribution < -0.4 is 5.73 Å². The molecule has 0 unspecified atom stereocenters. The second-order valence-electron chi connectivity index (χ2n) is 2.84. The third-order valence-corrected chi connectivity index (χ3v) is 2.04. The molecule has 0 fully saturated rings. The Hall–Kier alpha value is -1.61. The summed E-state index contributed by atoms with van der Waals surface area (Å²) in [5.74, 6) is -0.0822. The van der Waals surface area contributed by atoms with Gasteiger partial charge in [0.05, 0.1) is 12.1 Å². The van der Waals surface area contributed by atoms with Crippen molar-refractivity contribution in [3.63, 3.8) is 0 Å². The summed E-state index contributed by atoms with van der Waals surface area (Å²) in [5.41, 5.74) is 6.20. The van der Waals surface area contributed by atoms with Crippen molar-refractivity contribution in [1.82, 2.24) is 4.57 Å². The van der Waals surface area contributed by atoms with Gasteiger partial charge < -0.3 is 5.73 Å². The average Bonchev–Trinajstić information content (AvgIpc) is 2.60. The van der Waals surface area contributed by atoms with Gasteiger partial charge in [-0.1, -0.05) is 18.2 Å². The van der Waals surface area contributed by atoms with Gasteiger partial charge in [-0.05, 0) is 12.1 Å². The maximum absolute atomic E-state index is 11.3. The van der Waals surface area contributed by atoms with Crippen molar-refractivity contribution in [3.8, 4) is 0 Å². The van der Waals surface area contributed by atoms with Crippen LogP contribution in [0.1, 0.15) is 4.79 Å². The van der Waals surface area contributed by atoms with Crippen molar-refractivity contribution in [2.45, 2.75) is 0 Å². The molecule has 0 spiro atoms. The van der Waals surface area contributed by atoms with Gasteiger partial charge in [0.25, 0.3) is 0 Å². The maximum atomic E-state index is 11.3. The van der Waals surface area contributed by atoms with Gasteiger partial charge in [0.1, 0.15) is 0 Å². The fraction of sp³-hybridized carbons (Fsp3) is 0.100. The first kappa shape index (κ1) is 8.01. The smallest absolute Gasteiger partial charge is 0.244 e. The zero-order valence-electron chi connectivity index (χ0n) is 7.10. The van der Waals surface area contributed by atoms with E-state index in [1.165, 1.54) is 0 Å². The summed E-state index contributed by atoms with van der Waals surface area (Å²) < 4.78 is 1.58. The minimum atomic E-state index is -0.0822. The predicted octanol–water partition coefficient (Wildman–Crippen LogP) is 1.24. The van der Waals surface area contributed by atoms with Crippen LogP contribution in [-0.2, 0) is 0 Å². The molecule has 2 N–H and O–H groups in total. The van der Waals surface area contributed by atoms with Crippen molar-refractivity contribution >= 4 is 16.8 Å². The molecule has 1 aromatic carbocycles. The first-order valence-corrected chi connectivity index (χ1v) is 4.12. The zero-order valence-corrected chi connectivity index (χ0v) is 7.10. The quantitative estimate of drug-likeness (QED) is 0.707. The van der Waals surface area contributed by atoms with E-state index in [-0.39, 0.29) is 12.5 Å². The van der Waals surface area contributed by atoms with Gasteiger partial charge in [-0.3, -0.25) is 9.36 Å². The molecule has 13 heavy (non-hydrogen) atoms. The van der Waals surface area contributed by atoms with Crippen molar-refractivity contribution in [2.75, 3.05) is 6.54 Å². The lowest BCUT2D eigenvalue weighted by Gasteiger charge is -1.99. The molecule has 0 aliphatic rings. The molecule has 1 heterocycles. The monoisotopic (exact) mass is 174 g/mol. The Labute approximate surface area is 75.8 Å². The number of nitrogens with zero attached hydrogens (tertiary/aromatic N) is 1. The minimum absolute atomic E-state index is 0.0404. The third kappa shape index (κ3) is 1.23. The molecule has 0 aliphatic carbocycles. The Bertz CT molecular complexity index is 445. The number of benzene rings is 1. The molecule has 0 aliphatic heterocycles. The van der Waals surface area contributed by atoms with Gasteiger partial charge in [-0.25, -0.2) is 0 Å². The van der Waals surface area contributed by atoms with E-state index in [4.69, 9.17) is 5.73 Å². The number of nitrogens with two attached hydrogens (primary N) is 1. The number of carbonyl (C=O) groups excluding carboxylic acids is 1. The second kappa shape index (κ2) is 3.03. The Morgan fingerprint density at radius 1 is 1.31 bits per heavy atom.